The van der Waals surface area contributed by atoms with Crippen LogP contribution in [0, 0.1) is 0 Å². The van der Waals surface area contributed by atoms with E-state index in [2.05, 4.69) is 31.0 Å². The summed E-state index contributed by atoms with van der Waals surface area (Å²) in [6, 6.07) is 6.97. The standard InChI is InChI=1S/C17H17BrN6O3/c1-27-15(26)13-5-9-2-3-11(18)4-10(9)7-23(13)8-12-6-14(25)24-17(20-12)21-16(19)22-24/h2-4,6,13H,5,7-8H2,1H3,(H3,19,20,21,22). The molecule has 1 aliphatic rings. The number of carbonyl (C=O) groups is 1. The van der Waals surface area contributed by atoms with Crippen LogP contribution in [0.3, 0.4) is 0 Å². The number of nitrogen functional groups attached to an aromatic ring is 1. The number of methoxy groups -OCH3 is 1. The van der Waals surface area contributed by atoms with Gasteiger partial charge in [-0.15, -0.1) is 0 Å². The van der Waals surface area contributed by atoms with E-state index in [1.54, 1.807) is 0 Å². The molecule has 0 amide bonds. The zero-order valence-corrected chi connectivity index (χ0v) is 16.1. The fraction of sp³-hybridized carbons (Fsp3) is 0.294. The van der Waals surface area contributed by atoms with Crippen molar-refractivity contribution in [2.45, 2.75) is 25.6 Å². The number of nitrogens with zero attached hydrogens (tertiary/aromatic N) is 4. The first-order chi connectivity index (χ1) is 12.9. The Labute approximate surface area is 162 Å². The van der Waals surface area contributed by atoms with Crippen molar-refractivity contribution in [2.24, 2.45) is 0 Å². The third-order valence-electron chi connectivity index (χ3n) is 4.64. The molecule has 0 aliphatic carbocycles. The van der Waals surface area contributed by atoms with Crippen molar-refractivity contribution < 1.29 is 9.53 Å². The zero-order chi connectivity index (χ0) is 19.1. The number of benzene rings is 1. The number of hydrogen-bond donors (Lipinski definition) is 2. The number of rotatable bonds is 3. The highest BCUT2D eigenvalue weighted by molar-refractivity contribution is 9.10. The molecule has 3 N–H and O–H groups in total. The predicted octanol–water partition coefficient (Wildman–Crippen LogP) is 0.862. The van der Waals surface area contributed by atoms with Crippen molar-refractivity contribution >= 4 is 33.6 Å². The SMILES string of the molecule is COC(=O)C1Cc2ccc(Br)cc2CN1Cc1cc(=O)n2[nH]c(N)nc2n1. The van der Waals surface area contributed by atoms with Crippen molar-refractivity contribution in [1.82, 2.24) is 24.5 Å². The minimum Gasteiger partial charge on any atom is -0.468 e. The minimum atomic E-state index is -0.451. The summed E-state index contributed by atoms with van der Waals surface area (Å²) in [5.74, 6) is -0.00362. The van der Waals surface area contributed by atoms with Gasteiger partial charge in [-0.05, 0) is 29.7 Å². The van der Waals surface area contributed by atoms with Crippen molar-refractivity contribution in [3.63, 3.8) is 0 Å². The normalized spacial score (nSPS) is 17.0. The summed E-state index contributed by atoms with van der Waals surface area (Å²) >= 11 is 3.48. The highest BCUT2D eigenvalue weighted by Gasteiger charge is 2.32. The van der Waals surface area contributed by atoms with E-state index in [9.17, 15) is 9.59 Å². The molecule has 140 valence electrons. The highest BCUT2D eigenvalue weighted by atomic mass is 79.9. The monoisotopic (exact) mass is 432 g/mol. The summed E-state index contributed by atoms with van der Waals surface area (Å²) < 4.78 is 7.14. The number of ether oxygens (including phenoxy) is 1. The molecule has 1 aromatic carbocycles. The molecule has 0 spiro atoms. The molecular formula is C17H17BrN6O3. The fourth-order valence-corrected chi connectivity index (χ4v) is 3.78. The molecule has 1 atom stereocenters. The Kier molecular flexibility index (Phi) is 4.44. The number of nitrogens with one attached hydrogen (secondary N) is 1. The maximum Gasteiger partial charge on any atom is 0.323 e. The van der Waals surface area contributed by atoms with Gasteiger partial charge in [0.2, 0.25) is 5.95 Å². The number of H-pyrrole nitrogens is 1. The number of aromatic nitrogens is 4. The molecule has 3 aromatic rings. The maximum absolute atomic E-state index is 12.3. The molecule has 0 bridgehead atoms. The zero-order valence-electron chi connectivity index (χ0n) is 14.5. The lowest BCUT2D eigenvalue weighted by molar-refractivity contribution is -0.148. The molecule has 1 unspecified atom stereocenters. The minimum absolute atomic E-state index is 0.112. The number of anilines is 1. The number of nitrogens with two attached hydrogens (primary N) is 1. The van der Waals surface area contributed by atoms with Crippen LogP contribution in [0.25, 0.3) is 5.78 Å². The van der Waals surface area contributed by atoms with Gasteiger partial charge in [0.25, 0.3) is 11.3 Å². The Morgan fingerprint density at radius 3 is 2.96 bits per heavy atom. The first kappa shape index (κ1) is 17.7. The van der Waals surface area contributed by atoms with Crippen LogP contribution in [0.5, 0.6) is 0 Å². The summed E-state index contributed by atoms with van der Waals surface area (Å²) in [4.78, 5) is 34.9. The lowest BCUT2D eigenvalue weighted by atomic mass is 9.94. The second-order valence-corrected chi connectivity index (χ2v) is 7.31. The molecule has 9 nitrogen and oxygen atoms in total. The van der Waals surface area contributed by atoms with Gasteiger partial charge in [0.1, 0.15) is 6.04 Å². The Hall–Kier alpha value is -2.72. The number of esters is 1. The molecule has 2 aromatic heterocycles. The average Bonchev–Trinajstić information content (AvgIpc) is 3.01. The first-order valence-electron chi connectivity index (χ1n) is 8.28. The van der Waals surface area contributed by atoms with Crippen LogP contribution in [0.4, 0.5) is 5.95 Å². The second-order valence-electron chi connectivity index (χ2n) is 6.39. The lowest BCUT2D eigenvalue weighted by Crippen LogP contribution is -2.45. The Morgan fingerprint density at radius 2 is 2.19 bits per heavy atom. The number of fused-ring (bicyclic) bond motifs is 2. The summed E-state index contributed by atoms with van der Waals surface area (Å²) in [6.45, 7) is 0.850. The molecule has 3 heterocycles. The molecule has 1 aliphatic heterocycles. The molecule has 0 saturated heterocycles. The van der Waals surface area contributed by atoms with E-state index < -0.39 is 6.04 Å². The third kappa shape index (κ3) is 3.33. The van der Waals surface area contributed by atoms with Crippen LogP contribution in [-0.4, -0.2) is 43.6 Å². The van der Waals surface area contributed by atoms with E-state index in [4.69, 9.17) is 10.5 Å². The van der Waals surface area contributed by atoms with E-state index in [1.165, 1.54) is 17.7 Å². The molecule has 0 saturated carbocycles. The first-order valence-corrected chi connectivity index (χ1v) is 9.07. The van der Waals surface area contributed by atoms with Crippen LogP contribution in [0.2, 0.25) is 0 Å². The van der Waals surface area contributed by atoms with E-state index >= 15 is 0 Å². The van der Waals surface area contributed by atoms with Crippen molar-refractivity contribution in [1.29, 1.82) is 0 Å². The second kappa shape index (κ2) is 6.78. The van der Waals surface area contributed by atoms with Gasteiger partial charge in [-0.3, -0.25) is 19.6 Å². The lowest BCUT2D eigenvalue weighted by Gasteiger charge is -2.34. The molecule has 27 heavy (non-hydrogen) atoms. The van der Waals surface area contributed by atoms with Gasteiger partial charge >= 0.3 is 5.97 Å². The topological polar surface area (TPSA) is 119 Å². The summed E-state index contributed by atoms with van der Waals surface area (Å²) in [6.07, 6.45) is 0.534. The fourth-order valence-electron chi connectivity index (χ4n) is 3.37. The highest BCUT2D eigenvalue weighted by Crippen LogP contribution is 2.27. The quantitative estimate of drug-likeness (QED) is 0.589. The molecule has 10 heteroatoms. The van der Waals surface area contributed by atoms with Gasteiger partial charge in [-0.1, -0.05) is 22.0 Å². The van der Waals surface area contributed by atoms with E-state index in [0.717, 1.165) is 15.6 Å². The summed E-state index contributed by atoms with van der Waals surface area (Å²) in [5.41, 5.74) is 8.02. The number of halogens is 1. The van der Waals surface area contributed by atoms with Crippen LogP contribution in [0.1, 0.15) is 16.8 Å². The molecule has 0 radical (unpaired) electrons. The van der Waals surface area contributed by atoms with Gasteiger partial charge in [-0.25, -0.2) is 4.98 Å². The number of hydrogen-bond acceptors (Lipinski definition) is 7. The maximum atomic E-state index is 12.3. The van der Waals surface area contributed by atoms with Crippen LogP contribution in [-0.2, 0) is 29.0 Å². The van der Waals surface area contributed by atoms with E-state index in [1.807, 2.05) is 23.1 Å². The van der Waals surface area contributed by atoms with Crippen molar-refractivity contribution in [3.8, 4) is 0 Å². The van der Waals surface area contributed by atoms with Gasteiger partial charge in [0, 0.05) is 23.6 Å². The number of carbonyl (C=O) groups excluding carboxylic acids is 1. The van der Waals surface area contributed by atoms with Gasteiger partial charge in [-0.2, -0.15) is 9.50 Å². The molecule has 4 rings (SSSR count). The summed E-state index contributed by atoms with van der Waals surface area (Å²) in [7, 11) is 1.38. The third-order valence-corrected chi connectivity index (χ3v) is 5.13. The molecular weight excluding hydrogens is 416 g/mol. The van der Waals surface area contributed by atoms with Gasteiger partial charge in [0.05, 0.1) is 12.8 Å². The Morgan fingerprint density at radius 1 is 1.37 bits per heavy atom. The smallest absolute Gasteiger partial charge is 0.323 e. The van der Waals surface area contributed by atoms with Crippen LogP contribution < -0.4 is 11.3 Å². The van der Waals surface area contributed by atoms with E-state index in [-0.39, 0.29) is 23.3 Å². The Bertz CT molecular complexity index is 1090. The predicted molar refractivity (Wildman–Crippen MR) is 101 cm³/mol. The largest absolute Gasteiger partial charge is 0.468 e. The number of aromatic amines is 1. The van der Waals surface area contributed by atoms with Crippen LogP contribution >= 0.6 is 15.9 Å². The van der Waals surface area contributed by atoms with Crippen LogP contribution in [0.15, 0.2) is 33.5 Å². The Balaban J connectivity index is 1.70. The summed E-state index contributed by atoms with van der Waals surface area (Å²) in [5, 5.41) is 2.63. The van der Waals surface area contributed by atoms with Crippen molar-refractivity contribution in [2.75, 3.05) is 12.8 Å². The molecule has 0 fully saturated rings. The van der Waals surface area contributed by atoms with Crippen molar-refractivity contribution in [3.05, 3.63) is 55.9 Å². The van der Waals surface area contributed by atoms with Gasteiger partial charge < -0.3 is 10.5 Å². The van der Waals surface area contributed by atoms with E-state index in [0.29, 0.717) is 25.2 Å². The average molecular weight is 433 g/mol. The van der Waals surface area contributed by atoms with Gasteiger partial charge in [0.15, 0.2) is 0 Å².